The molecular weight excluding hydrogens is 436 g/mol. The maximum Gasteiger partial charge on any atom is 0.264 e. The fourth-order valence-electron chi connectivity index (χ4n) is 4.16. The van der Waals surface area contributed by atoms with Gasteiger partial charge in [0.1, 0.15) is 0 Å². The molecule has 1 saturated heterocycles. The lowest BCUT2D eigenvalue weighted by molar-refractivity contribution is 0.0620. The van der Waals surface area contributed by atoms with E-state index < -0.39 is 10.0 Å². The molecule has 0 saturated carbocycles. The quantitative estimate of drug-likeness (QED) is 0.575. The van der Waals surface area contributed by atoms with Crippen LogP contribution in [-0.2, 0) is 16.6 Å². The number of carbonyl (C=O) groups is 1. The minimum Gasteiger partial charge on any atom is -0.396 e. The fourth-order valence-corrected chi connectivity index (χ4v) is 5.66. The average Bonchev–Trinajstić information content (AvgIpc) is 2.88. The summed E-state index contributed by atoms with van der Waals surface area (Å²) in [5, 5.41) is 9.48. The second kappa shape index (κ2) is 10.2. The molecule has 1 amide bonds. The summed E-state index contributed by atoms with van der Waals surface area (Å²) in [5.74, 6) is -0.145. The third kappa shape index (κ3) is 5.26. The van der Waals surface area contributed by atoms with Crippen LogP contribution in [0.1, 0.15) is 28.8 Å². The summed E-state index contributed by atoms with van der Waals surface area (Å²) >= 11 is 0. The van der Waals surface area contributed by atoms with Crippen molar-refractivity contribution >= 4 is 21.6 Å². The first kappa shape index (κ1) is 23.0. The predicted molar refractivity (Wildman–Crippen MR) is 128 cm³/mol. The molecule has 1 fully saturated rings. The van der Waals surface area contributed by atoms with Crippen LogP contribution in [0.2, 0.25) is 0 Å². The van der Waals surface area contributed by atoms with E-state index in [1.807, 2.05) is 36.4 Å². The zero-order chi connectivity index (χ0) is 23.3. The number of benzene rings is 3. The lowest BCUT2D eigenvalue weighted by Gasteiger charge is -2.32. The smallest absolute Gasteiger partial charge is 0.264 e. The number of hydrogen-bond donors (Lipinski definition) is 1. The minimum atomic E-state index is -3.93. The Morgan fingerprint density at radius 1 is 0.970 bits per heavy atom. The molecule has 1 unspecified atom stereocenters. The van der Waals surface area contributed by atoms with Gasteiger partial charge in [0.15, 0.2) is 0 Å². The highest BCUT2D eigenvalue weighted by atomic mass is 32.2. The van der Waals surface area contributed by atoms with Gasteiger partial charge < -0.3 is 10.0 Å². The number of aliphatic hydroxyl groups excluding tert-OH is 1. The summed E-state index contributed by atoms with van der Waals surface area (Å²) in [6.07, 6.45) is 1.72. The summed E-state index contributed by atoms with van der Waals surface area (Å²) in [7, 11) is -3.93. The lowest BCUT2D eigenvalue weighted by atomic mass is 9.98. The summed E-state index contributed by atoms with van der Waals surface area (Å²) < 4.78 is 28.9. The molecule has 7 heteroatoms. The van der Waals surface area contributed by atoms with Gasteiger partial charge in [-0.2, -0.15) is 0 Å². The van der Waals surface area contributed by atoms with Crippen molar-refractivity contribution in [2.24, 2.45) is 5.92 Å². The first-order valence-electron chi connectivity index (χ1n) is 11.1. The van der Waals surface area contributed by atoms with Crippen LogP contribution in [0.3, 0.4) is 0 Å². The molecule has 1 N–H and O–H groups in total. The number of sulfonamides is 1. The number of rotatable bonds is 7. The summed E-state index contributed by atoms with van der Waals surface area (Å²) in [4.78, 5) is 14.9. The number of hydrogen-bond acceptors (Lipinski definition) is 4. The molecule has 1 aliphatic rings. The molecule has 0 spiro atoms. The van der Waals surface area contributed by atoms with E-state index in [-0.39, 0.29) is 29.9 Å². The van der Waals surface area contributed by atoms with Gasteiger partial charge in [-0.3, -0.25) is 9.10 Å². The summed E-state index contributed by atoms with van der Waals surface area (Å²) in [6, 6.07) is 24.6. The largest absolute Gasteiger partial charge is 0.396 e. The molecular formula is C26H28N2O4S. The maximum atomic E-state index is 13.8. The molecule has 4 rings (SSSR count). The van der Waals surface area contributed by atoms with Crippen LogP contribution in [0.4, 0.5) is 5.69 Å². The van der Waals surface area contributed by atoms with Gasteiger partial charge in [0.25, 0.3) is 15.9 Å². The molecule has 0 radical (unpaired) electrons. The number of anilines is 1. The SMILES string of the molecule is O=C(c1cccc(S(=O)(=O)N(Cc2ccccc2)c2ccccc2)c1)N1CCCC(CO)C1. The fraction of sp³-hybridized carbons (Fsp3) is 0.269. The van der Waals surface area contributed by atoms with Crippen molar-refractivity contribution in [2.45, 2.75) is 24.3 Å². The van der Waals surface area contributed by atoms with Crippen molar-refractivity contribution < 1.29 is 18.3 Å². The van der Waals surface area contributed by atoms with Gasteiger partial charge in [0, 0.05) is 25.3 Å². The van der Waals surface area contributed by atoms with E-state index in [2.05, 4.69) is 0 Å². The second-order valence-electron chi connectivity index (χ2n) is 8.30. The normalized spacial score (nSPS) is 16.4. The van der Waals surface area contributed by atoms with Crippen LogP contribution in [0, 0.1) is 5.92 Å². The van der Waals surface area contributed by atoms with Crippen LogP contribution in [0.25, 0.3) is 0 Å². The van der Waals surface area contributed by atoms with Crippen molar-refractivity contribution in [3.63, 3.8) is 0 Å². The van der Waals surface area contributed by atoms with E-state index in [0.717, 1.165) is 18.4 Å². The Labute approximate surface area is 195 Å². The number of piperidine rings is 1. The van der Waals surface area contributed by atoms with Gasteiger partial charge in [-0.15, -0.1) is 0 Å². The van der Waals surface area contributed by atoms with E-state index in [1.165, 1.54) is 16.4 Å². The zero-order valence-corrected chi connectivity index (χ0v) is 19.2. The van der Waals surface area contributed by atoms with Gasteiger partial charge in [0.05, 0.1) is 17.1 Å². The zero-order valence-electron chi connectivity index (χ0n) is 18.4. The Kier molecular flexibility index (Phi) is 7.11. The Morgan fingerprint density at radius 2 is 1.67 bits per heavy atom. The van der Waals surface area contributed by atoms with Gasteiger partial charge >= 0.3 is 0 Å². The van der Waals surface area contributed by atoms with Crippen molar-refractivity contribution in [3.8, 4) is 0 Å². The molecule has 1 aliphatic heterocycles. The Morgan fingerprint density at radius 3 is 2.36 bits per heavy atom. The highest BCUT2D eigenvalue weighted by Crippen LogP contribution is 2.27. The van der Waals surface area contributed by atoms with Gasteiger partial charge in [-0.25, -0.2) is 8.42 Å². The van der Waals surface area contributed by atoms with Crippen LogP contribution in [-0.4, -0.2) is 44.0 Å². The summed E-state index contributed by atoms with van der Waals surface area (Å²) in [6.45, 7) is 1.31. The molecule has 172 valence electrons. The number of likely N-dealkylation sites (tertiary alicyclic amines) is 1. The summed E-state index contributed by atoms with van der Waals surface area (Å²) in [5.41, 5.74) is 1.75. The number of nitrogens with zero attached hydrogens (tertiary/aromatic N) is 2. The predicted octanol–water partition coefficient (Wildman–Crippen LogP) is 3.93. The molecule has 6 nitrogen and oxygen atoms in total. The first-order chi connectivity index (χ1) is 16.0. The Balaban J connectivity index is 1.66. The third-order valence-corrected chi connectivity index (χ3v) is 7.72. The van der Waals surface area contributed by atoms with Gasteiger partial charge in [-0.1, -0.05) is 54.6 Å². The van der Waals surface area contributed by atoms with Gasteiger partial charge in [0.2, 0.25) is 0 Å². The van der Waals surface area contributed by atoms with Crippen molar-refractivity contribution in [1.82, 2.24) is 4.90 Å². The average molecular weight is 465 g/mol. The van der Waals surface area contributed by atoms with Gasteiger partial charge in [-0.05, 0) is 54.7 Å². The third-order valence-electron chi connectivity index (χ3n) is 5.95. The Bertz CT molecular complexity index is 1180. The molecule has 0 aromatic heterocycles. The van der Waals surface area contributed by atoms with E-state index >= 15 is 0 Å². The number of carbonyl (C=O) groups excluding carboxylic acids is 1. The molecule has 3 aromatic rings. The maximum absolute atomic E-state index is 13.8. The van der Waals surface area contributed by atoms with E-state index in [0.29, 0.717) is 24.3 Å². The van der Waals surface area contributed by atoms with E-state index in [1.54, 1.807) is 41.3 Å². The minimum absolute atomic E-state index is 0.0454. The first-order valence-corrected chi connectivity index (χ1v) is 12.5. The molecule has 0 aliphatic carbocycles. The van der Waals surface area contributed by atoms with Crippen molar-refractivity contribution in [3.05, 3.63) is 96.1 Å². The molecule has 3 aromatic carbocycles. The van der Waals surface area contributed by atoms with Crippen LogP contribution >= 0.6 is 0 Å². The van der Waals surface area contributed by atoms with Crippen LogP contribution in [0.15, 0.2) is 89.8 Å². The molecule has 0 bridgehead atoms. The van der Waals surface area contributed by atoms with Crippen molar-refractivity contribution in [2.75, 3.05) is 24.0 Å². The molecule has 1 atom stereocenters. The number of para-hydroxylation sites is 1. The second-order valence-corrected chi connectivity index (χ2v) is 10.2. The highest BCUT2D eigenvalue weighted by molar-refractivity contribution is 7.92. The van der Waals surface area contributed by atoms with Crippen LogP contribution in [0.5, 0.6) is 0 Å². The Hall–Kier alpha value is -3.16. The monoisotopic (exact) mass is 464 g/mol. The lowest BCUT2D eigenvalue weighted by Crippen LogP contribution is -2.41. The molecule has 1 heterocycles. The van der Waals surface area contributed by atoms with Crippen molar-refractivity contribution in [1.29, 1.82) is 0 Å². The highest BCUT2D eigenvalue weighted by Gasteiger charge is 2.28. The topological polar surface area (TPSA) is 77.9 Å². The van der Waals surface area contributed by atoms with E-state index in [4.69, 9.17) is 0 Å². The van der Waals surface area contributed by atoms with Crippen LogP contribution < -0.4 is 4.31 Å². The van der Waals surface area contributed by atoms with E-state index in [9.17, 15) is 18.3 Å². The molecule has 33 heavy (non-hydrogen) atoms. The number of aliphatic hydroxyl groups is 1. The standard InChI is InChI=1S/C26H28N2O4S/c29-20-22-11-8-16-27(18-22)26(30)23-12-7-15-25(17-23)33(31,32)28(24-13-5-2-6-14-24)19-21-9-3-1-4-10-21/h1-7,9-10,12-15,17,22,29H,8,11,16,18-20H2. The number of amides is 1.